The standard InChI is InChI=1S/C13H20O2/c1-2-3-4-5-6-7-9-12-10-8-11-13(14)15-12/h7-9,11-12H,2-6,10H2,1H3/b9-7+. The van der Waals surface area contributed by atoms with Gasteiger partial charge < -0.3 is 4.74 Å². The first-order valence-electron chi connectivity index (χ1n) is 5.86. The van der Waals surface area contributed by atoms with Gasteiger partial charge in [-0.3, -0.25) is 0 Å². The molecule has 1 atom stereocenters. The molecule has 0 saturated heterocycles. The van der Waals surface area contributed by atoms with Gasteiger partial charge in [0.15, 0.2) is 0 Å². The molecule has 0 N–H and O–H groups in total. The Kier molecular flexibility index (Phi) is 5.83. The summed E-state index contributed by atoms with van der Waals surface area (Å²) in [5.74, 6) is -0.220. The number of cyclic esters (lactones) is 1. The second-order valence-electron chi connectivity index (χ2n) is 3.89. The Hall–Kier alpha value is -1.05. The Bertz CT molecular complexity index is 241. The molecule has 1 unspecified atom stereocenters. The minimum absolute atomic E-state index is 0.0336. The number of esters is 1. The van der Waals surface area contributed by atoms with Crippen LogP contribution < -0.4 is 0 Å². The highest BCUT2D eigenvalue weighted by Crippen LogP contribution is 2.10. The van der Waals surface area contributed by atoms with Crippen LogP contribution in [0.15, 0.2) is 24.3 Å². The highest BCUT2D eigenvalue weighted by atomic mass is 16.5. The molecule has 1 aliphatic heterocycles. The lowest BCUT2D eigenvalue weighted by atomic mass is 10.1. The zero-order valence-electron chi connectivity index (χ0n) is 9.45. The lowest BCUT2D eigenvalue weighted by molar-refractivity contribution is -0.141. The molecule has 2 nitrogen and oxygen atoms in total. The van der Waals surface area contributed by atoms with Crippen molar-refractivity contribution in [1.82, 2.24) is 0 Å². The largest absolute Gasteiger partial charge is 0.455 e. The van der Waals surface area contributed by atoms with Crippen molar-refractivity contribution < 1.29 is 9.53 Å². The Morgan fingerprint density at radius 3 is 3.07 bits per heavy atom. The van der Waals surface area contributed by atoms with Gasteiger partial charge >= 0.3 is 5.97 Å². The first kappa shape index (κ1) is 12.0. The molecule has 0 aromatic rings. The molecule has 0 aromatic carbocycles. The van der Waals surface area contributed by atoms with Crippen molar-refractivity contribution in [2.45, 2.75) is 51.6 Å². The van der Waals surface area contributed by atoms with Gasteiger partial charge in [-0.15, -0.1) is 0 Å². The van der Waals surface area contributed by atoms with E-state index in [1.807, 2.05) is 12.2 Å². The van der Waals surface area contributed by atoms with E-state index in [2.05, 4.69) is 13.0 Å². The van der Waals surface area contributed by atoms with E-state index >= 15 is 0 Å². The summed E-state index contributed by atoms with van der Waals surface area (Å²) in [6.07, 6.45) is 14.5. The number of hydrogen-bond acceptors (Lipinski definition) is 2. The maximum absolute atomic E-state index is 10.9. The number of allylic oxidation sites excluding steroid dienone is 1. The molecule has 84 valence electrons. The van der Waals surface area contributed by atoms with Crippen molar-refractivity contribution in [1.29, 1.82) is 0 Å². The van der Waals surface area contributed by atoms with Crippen LogP contribution in [0.2, 0.25) is 0 Å². The van der Waals surface area contributed by atoms with Crippen LogP contribution in [0.25, 0.3) is 0 Å². The zero-order chi connectivity index (χ0) is 10.9. The van der Waals surface area contributed by atoms with Crippen LogP contribution in [0.5, 0.6) is 0 Å². The second kappa shape index (κ2) is 7.27. The average molecular weight is 208 g/mol. The molecule has 0 saturated carbocycles. The summed E-state index contributed by atoms with van der Waals surface area (Å²) >= 11 is 0. The molecule has 1 heterocycles. The first-order chi connectivity index (χ1) is 7.33. The Morgan fingerprint density at radius 2 is 2.33 bits per heavy atom. The average Bonchev–Trinajstić information content (AvgIpc) is 2.23. The van der Waals surface area contributed by atoms with Gasteiger partial charge in [0, 0.05) is 12.5 Å². The summed E-state index contributed by atoms with van der Waals surface area (Å²) in [5, 5.41) is 0. The van der Waals surface area contributed by atoms with E-state index in [1.54, 1.807) is 0 Å². The molecule has 2 heteroatoms. The smallest absolute Gasteiger partial charge is 0.331 e. The molecule has 1 aliphatic rings. The molecule has 15 heavy (non-hydrogen) atoms. The van der Waals surface area contributed by atoms with Gasteiger partial charge in [-0.05, 0) is 18.9 Å². The number of rotatable bonds is 6. The van der Waals surface area contributed by atoms with Gasteiger partial charge in [0.2, 0.25) is 0 Å². The SMILES string of the molecule is CCCCCC/C=C/C1CC=CC(=O)O1. The van der Waals surface area contributed by atoms with Crippen molar-refractivity contribution in [2.75, 3.05) is 0 Å². The fourth-order valence-corrected chi connectivity index (χ4v) is 1.59. The minimum atomic E-state index is -0.220. The maximum atomic E-state index is 10.9. The summed E-state index contributed by atoms with van der Waals surface area (Å²) in [4.78, 5) is 10.9. The summed E-state index contributed by atoms with van der Waals surface area (Å²) < 4.78 is 5.10. The van der Waals surface area contributed by atoms with Crippen molar-refractivity contribution in [3.63, 3.8) is 0 Å². The normalized spacial score (nSPS) is 20.9. The molecular formula is C13H20O2. The van der Waals surface area contributed by atoms with E-state index < -0.39 is 0 Å². The lowest BCUT2D eigenvalue weighted by Crippen LogP contribution is -2.17. The summed E-state index contributed by atoms with van der Waals surface area (Å²) in [5.41, 5.74) is 0. The van der Waals surface area contributed by atoms with Gasteiger partial charge in [-0.25, -0.2) is 4.79 Å². The first-order valence-corrected chi connectivity index (χ1v) is 5.86. The summed E-state index contributed by atoms with van der Waals surface area (Å²) in [6.45, 7) is 2.21. The molecule has 0 fully saturated rings. The van der Waals surface area contributed by atoms with E-state index in [1.165, 1.54) is 31.8 Å². The highest BCUT2D eigenvalue weighted by molar-refractivity contribution is 5.82. The lowest BCUT2D eigenvalue weighted by Gasteiger charge is -2.14. The van der Waals surface area contributed by atoms with E-state index in [0.717, 1.165) is 12.8 Å². The van der Waals surface area contributed by atoms with Crippen LogP contribution in [0, 0.1) is 0 Å². The Balaban J connectivity index is 2.10. The summed E-state index contributed by atoms with van der Waals surface area (Å²) in [6, 6.07) is 0. The molecule has 0 aliphatic carbocycles. The van der Waals surface area contributed by atoms with Gasteiger partial charge in [0.05, 0.1) is 0 Å². The molecule has 0 amide bonds. The maximum Gasteiger partial charge on any atom is 0.331 e. The van der Waals surface area contributed by atoms with E-state index in [9.17, 15) is 4.79 Å². The Labute approximate surface area is 92.0 Å². The van der Waals surface area contributed by atoms with Gasteiger partial charge in [0.1, 0.15) is 6.10 Å². The van der Waals surface area contributed by atoms with Gasteiger partial charge in [0.25, 0.3) is 0 Å². The van der Waals surface area contributed by atoms with Crippen molar-refractivity contribution in [3.8, 4) is 0 Å². The third-order valence-electron chi connectivity index (χ3n) is 2.46. The zero-order valence-corrected chi connectivity index (χ0v) is 9.45. The molecular weight excluding hydrogens is 188 g/mol. The number of unbranched alkanes of at least 4 members (excludes halogenated alkanes) is 4. The van der Waals surface area contributed by atoms with Crippen molar-refractivity contribution in [3.05, 3.63) is 24.3 Å². The van der Waals surface area contributed by atoms with E-state index in [-0.39, 0.29) is 12.1 Å². The van der Waals surface area contributed by atoms with Crippen LogP contribution in [-0.2, 0) is 9.53 Å². The van der Waals surface area contributed by atoms with Crippen LogP contribution in [0.1, 0.15) is 45.4 Å². The number of ether oxygens (including phenoxy) is 1. The third-order valence-corrected chi connectivity index (χ3v) is 2.46. The predicted molar refractivity (Wildman–Crippen MR) is 61.5 cm³/mol. The quantitative estimate of drug-likeness (QED) is 0.380. The molecule has 0 spiro atoms. The van der Waals surface area contributed by atoms with Crippen LogP contribution in [0.4, 0.5) is 0 Å². The fourth-order valence-electron chi connectivity index (χ4n) is 1.59. The van der Waals surface area contributed by atoms with E-state index in [0.29, 0.717) is 0 Å². The van der Waals surface area contributed by atoms with Gasteiger partial charge in [-0.1, -0.05) is 38.3 Å². The van der Waals surface area contributed by atoms with Crippen molar-refractivity contribution in [2.24, 2.45) is 0 Å². The molecule has 0 bridgehead atoms. The minimum Gasteiger partial charge on any atom is -0.455 e. The monoisotopic (exact) mass is 208 g/mol. The number of carbonyl (C=O) groups excluding carboxylic acids is 1. The highest BCUT2D eigenvalue weighted by Gasteiger charge is 2.11. The Morgan fingerprint density at radius 1 is 1.47 bits per heavy atom. The van der Waals surface area contributed by atoms with Crippen molar-refractivity contribution >= 4 is 5.97 Å². The fraction of sp³-hybridized carbons (Fsp3) is 0.615. The second-order valence-corrected chi connectivity index (χ2v) is 3.89. The predicted octanol–water partition coefficient (Wildman–Crippen LogP) is 3.38. The van der Waals surface area contributed by atoms with Crippen LogP contribution >= 0.6 is 0 Å². The third kappa shape index (κ3) is 5.40. The van der Waals surface area contributed by atoms with E-state index in [4.69, 9.17) is 4.74 Å². The van der Waals surface area contributed by atoms with Crippen LogP contribution in [0.3, 0.4) is 0 Å². The van der Waals surface area contributed by atoms with Gasteiger partial charge in [-0.2, -0.15) is 0 Å². The molecule has 0 aromatic heterocycles. The topological polar surface area (TPSA) is 26.3 Å². The molecule has 1 rings (SSSR count). The molecule has 0 radical (unpaired) electrons. The summed E-state index contributed by atoms with van der Waals surface area (Å²) in [7, 11) is 0. The van der Waals surface area contributed by atoms with Crippen LogP contribution in [-0.4, -0.2) is 12.1 Å². The number of hydrogen-bond donors (Lipinski definition) is 0. The number of carbonyl (C=O) groups is 1.